The molecule has 0 saturated heterocycles. The van der Waals surface area contributed by atoms with Crippen molar-refractivity contribution in [3.63, 3.8) is 0 Å². The van der Waals surface area contributed by atoms with Gasteiger partial charge in [-0.2, -0.15) is 0 Å². The maximum Gasteiger partial charge on any atom is 0.408 e. The maximum atomic E-state index is 11.6. The summed E-state index contributed by atoms with van der Waals surface area (Å²) in [6.07, 6.45) is 0.452. The van der Waals surface area contributed by atoms with Crippen LogP contribution in [-0.2, 0) is 4.74 Å². The molecule has 17 heavy (non-hydrogen) atoms. The molecule has 0 saturated carbocycles. The monoisotopic (exact) mass is 245 g/mol. The topological polar surface area (TPSA) is 76.4 Å². The van der Waals surface area contributed by atoms with Crippen LogP contribution in [0.1, 0.15) is 41.0 Å². The molecule has 0 aliphatic carbocycles. The molecule has 0 aliphatic rings. The minimum Gasteiger partial charge on any atom is -0.444 e. The number of hydrogen-bond acceptors (Lipinski definition) is 4. The van der Waals surface area contributed by atoms with Gasteiger partial charge in [0.05, 0.1) is 0 Å². The van der Waals surface area contributed by atoms with Gasteiger partial charge in [0.2, 0.25) is 0 Å². The van der Waals surface area contributed by atoms with Gasteiger partial charge in [-0.1, -0.05) is 0 Å². The Morgan fingerprint density at radius 2 is 1.76 bits per heavy atom. The maximum absolute atomic E-state index is 11.6. The third-order valence-corrected chi connectivity index (χ3v) is 2.09. The highest BCUT2D eigenvalue weighted by Gasteiger charge is 2.23. The number of carbonyl (C=O) groups excluding carboxylic acids is 1. The Balaban J connectivity index is 3.94. The van der Waals surface area contributed by atoms with Crippen LogP contribution in [0.3, 0.4) is 0 Å². The first kappa shape index (κ1) is 16.2. The standard InChI is InChI=1S/C12H27N3O2/c1-11(2,3)17-10(16)15-12(4,5)6-8-14-9-7-13/h14H,6-9,13H2,1-5H3,(H,15,16). The summed E-state index contributed by atoms with van der Waals surface area (Å²) in [6, 6.07) is 0. The summed E-state index contributed by atoms with van der Waals surface area (Å²) in [7, 11) is 0. The van der Waals surface area contributed by atoms with Crippen molar-refractivity contribution < 1.29 is 9.53 Å². The van der Waals surface area contributed by atoms with Crippen LogP contribution in [-0.4, -0.2) is 36.9 Å². The van der Waals surface area contributed by atoms with Crippen LogP contribution < -0.4 is 16.4 Å². The van der Waals surface area contributed by atoms with E-state index in [1.807, 2.05) is 34.6 Å². The predicted molar refractivity (Wildman–Crippen MR) is 70.0 cm³/mol. The van der Waals surface area contributed by atoms with E-state index in [1.54, 1.807) is 0 Å². The second-order valence-electron chi connectivity index (χ2n) is 5.80. The van der Waals surface area contributed by atoms with E-state index in [2.05, 4.69) is 10.6 Å². The molecule has 0 spiro atoms. The number of carbonyl (C=O) groups is 1. The highest BCUT2D eigenvalue weighted by atomic mass is 16.6. The minimum absolute atomic E-state index is 0.288. The Morgan fingerprint density at radius 3 is 2.24 bits per heavy atom. The summed E-state index contributed by atoms with van der Waals surface area (Å²) in [6.45, 7) is 11.7. The fourth-order valence-electron chi connectivity index (χ4n) is 1.27. The predicted octanol–water partition coefficient (Wildman–Crippen LogP) is 1.23. The second kappa shape index (κ2) is 6.81. The molecule has 0 rings (SSSR count). The van der Waals surface area contributed by atoms with Gasteiger partial charge in [-0.05, 0) is 47.6 Å². The van der Waals surface area contributed by atoms with Gasteiger partial charge in [0.25, 0.3) is 0 Å². The summed E-state index contributed by atoms with van der Waals surface area (Å²) in [5, 5.41) is 6.05. The van der Waals surface area contributed by atoms with Crippen LogP contribution in [0.15, 0.2) is 0 Å². The molecule has 0 bridgehead atoms. The number of ether oxygens (including phenoxy) is 1. The van der Waals surface area contributed by atoms with Gasteiger partial charge < -0.3 is 21.1 Å². The van der Waals surface area contributed by atoms with Crippen LogP contribution in [0.25, 0.3) is 0 Å². The molecule has 0 aromatic rings. The molecule has 0 atom stereocenters. The summed E-state index contributed by atoms with van der Waals surface area (Å²) in [5.74, 6) is 0. The van der Waals surface area contributed by atoms with Crippen LogP contribution >= 0.6 is 0 Å². The van der Waals surface area contributed by atoms with Crippen molar-refractivity contribution in [2.45, 2.75) is 52.2 Å². The number of alkyl carbamates (subject to hydrolysis) is 1. The Kier molecular flexibility index (Phi) is 6.49. The Labute approximate surface area is 104 Å². The Morgan fingerprint density at radius 1 is 1.18 bits per heavy atom. The molecule has 0 aliphatic heterocycles. The van der Waals surface area contributed by atoms with Gasteiger partial charge in [-0.15, -0.1) is 0 Å². The molecule has 0 heterocycles. The summed E-state index contributed by atoms with van der Waals surface area (Å²) in [4.78, 5) is 11.6. The largest absolute Gasteiger partial charge is 0.444 e. The summed E-state index contributed by atoms with van der Waals surface area (Å²) in [5.41, 5.74) is 4.63. The smallest absolute Gasteiger partial charge is 0.408 e. The van der Waals surface area contributed by atoms with Crippen molar-refractivity contribution in [1.82, 2.24) is 10.6 Å². The molecule has 0 aromatic carbocycles. The van der Waals surface area contributed by atoms with E-state index in [4.69, 9.17) is 10.5 Å². The second-order valence-corrected chi connectivity index (χ2v) is 5.80. The molecule has 0 radical (unpaired) electrons. The molecule has 4 N–H and O–H groups in total. The zero-order valence-electron chi connectivity index (χ0n) is 11.7. The van der Waals surface area contributed by atoms with E-state index in [0.29, 0.717) is 6.54 Å². The van der Waals surface area contributed by atoms with Crippen LogP contribution in [0.2, 0.25) is 0 Å². The van der Waals surface area contributed by atoms with Gasteiger partial charge in [-0.3, -0.25) is 0 Å². The van der Waals surface area contributed by atoms with Gasteiger partial charge >= 0.3 is 6.09 Å². The quantitative estimate of drug-likeness (QED) is 0.615. The fourth-order valence-corrected chi connectivity index (χ4v) is 1.27. The molecule has 5 heteroatoms. The molecule has 0 unspecified atom stereocenters. The van der Waals surface area contributed by atoms with Crippen molar-refractivity contribution in [1.29, 1.82) is 0 Å². The fraction of sp³-hybridized carbons (Fsp3) is 0.917. The average Bonchev–Trinajstić information content (AvgIpc) is 2.08. The van der Waals surface area contributed by atoms with E-state index >= 15 is 0 Å². The number of hydrogen-bond donors (Lipinski definition) is 3. The van der Waals surface area contributed by atoms with E-state index < -0.39 is 5.60 Å². The van der Waals surface area contributed by atoms with Crippen molar-refractivity contribution >= 4 is 6.09 Å². The average molecular weight is 245 g/mol. The summed E-state index contributed by atoms with van der Waals surface area (Å²) >= 11 is 0. The van der Waals surface area contributed by atoms with E-state index in [9.17, 15) is 4.79 Å². The molecule has 5 nitrogen and oxygen atoms in total. The van der Waals surface area contributed by atoms with Crippen molar-refractivity contribution in [3.05, 3.63) is 0 Å². The lowest BCUT2D eigenvalue weighted by molar-refractivity contribution is 0.0468. The van der Waals surface area contributed by atoms with Gasteiger partial charge in [0.15, 0.2) is 0 Å². The van der Waals surface area contributed by atoms with Gasteiger partial charge in [0, 0.05) is 18.6 Å². The molecule has 0 fully saturated rings. The SMILES string of the molecule is CC(C)(CCNCCN)NC(=O)OC(C)(C)C. The van der Waals surface area contributed by atoms with E-state index in [0.717, 1.165) is 19.5 Å². The van der Waals surface area contributed by atoms with Crippen molar-refractivity contribution in [2.24, 2.45) is 5.73 Å². The number of nitrogens with two attached hydrogens (primary N) is 1. The third-order valence-electron chi connectivity index (χ3n) is 2.09. The first-order valence-corrected chi connectivity index (χ1v) is 6.08. The normalized spacial score (nSPS) is 12.4. The Hall–Kier alpha value is -0.810. The number of nitrogens with one attached hydrogen (secondary N) is 2. The molecule has 102 valence electrons. The van der Waals surface area contributed by atoms with E-state index in [1.165, 1.54) is 0 Å². The van der Waals surface area contributed by atoms with Crippen LogP contribution in [0.5, 0.6) is 0 Å². The summed E-state index contributed by atoms with van der Waals surface area (Å²) < 4.78 is 5.21. The van der Waals surface area contributed by atoms with Gasteiger partial charge in [0.1, 0.15) is 5.60 Å². The number of rotatable bonds is 6. The molecular weight excluding hydrogens is 218 g/mol. The minimum atomic E-state index is -0.460. The van der Waals surface area contributed by atoms with Crippen molar-refractivity contribution in [3.8, 4) is 0 Å². The zero-order valence-corrected chi connectivity index (χ0v) is 11.7. The van der Waals surface area contributed by atoms with Crippen LogP contribution in [0.4, 0.5) is 4.79 Å². The highest BCUT2D eigenvalue weighted by molar-refractivity contribution is 5.68. The lowest BCUT2D eigenvalue weighted by atomic mass is 10.0. The lowest BCUT2D eigenvalue weighted by Gasteiger charge is -2.28. The first-order valence-electron chi connectivity index (χ1n) is 6.08. The van der Waals surface area contributed by atoms with E-state index in [-0.39, 0.29) is 11.6 Å². The molecule has 1 amide bonds. The molecule has 0 aromatic heterocycles. The van der Waals surface area contributed by atoms with Crippen LogP contribution in [0, 0.1) is 0 Å². The first-order chi connectivity index (χ1) is 7.66. The number of amides is 1. The highest BCUT2D eigenvalue weighted by Crippen LogP contribution is 2.11. The van der Waals surface area contributed by atoms with Gasteiger partial charge in [-0.25, -0.2) is 4.79 Å². The Bertz CT molecular complexity index is 234. The zero-order chi connectivity index (χ0) is 13.5. The third kappa shape index (κ3) is 10.1. The van der Waals surface area contributed by atoms with Crippen molar-refractivity contribution in [2.75, 3.05) is 19.6 Å². The molecular formula is C12H27N3O2. The lowest BCUT2D eigenvalue weighted by Crippen LogP contribution is -2.47.